The van der Waals surface area contributed by atoms with Crippen LogP contribution in [-0.2, 0) is 29.3 Å². The average molecular weight is 829 g/mol. The predicted molar refractivity (Wildman–Crippen MR) is 222 cm³/mol. The van der Waals surface area contributed by atoms with Gasteiger partial charge in [-0.2, -0.15) is 0 Å². The summed E-state index contributed by atoms with van der Waals surface area (Å²) < 4.78 is 43.1. The Morgan fingerprint density at radius 2 is 1.23 bits per heavy atom. The fourth-order valence-electron chi connectivity index (χ4n) is 7.12. The van der Waals surface area contributed by atoms with Crippen molar-refractivity contribution >= 4 is 11.9 Å². The molecule has 1 unspecified atom stereocenters. The van der Waals surface area contributed by atoms with E-state index in [1.54, 1.807) is 74.9 Å². The number of aromatic nitrogens is 2. The van der Waals surface area contributed by atoms with Gasteiger partial charge in [-0.15, -0.1) is 0 Å². The summed E-state index contributed by atoms with van der Waals surface area (Å²) in [7, 11) is 3.15. The van der Waals surface area contributed by atoms with E-state index in [1.165, 1.54) is 6.20 Å². The van der Waals surface area contributed by atoms with Crippen LogP contribution in [0, 0.1) is 0 Å². The second-order valence-electron chi connectivity index (χ2n) is 14.0. The number of esters is 2. The third-order valence-corrected chi connectivity index (χ3v) is 10.2. The molecule has 2 heterocycles. The van der Waals surface area contributed by atoms with Crippen molar-refractivity contribution in [1.29, 1.82) is 0 Å². The van der Waals surface area contributed by atoms with Crippen molar-refractivity contribution in [1.82, 2.24) is 9.55 Å². The highest BCUT2D eigenvalue weighted by Crippen LogP contribution is 2.43. The lowest BCUT2D eigenvalue weighted by molar-refractivity contribution is -0.106. The first kappa shape index (κ1) is 42.3. The molecule has 1 aromatic heterocycles. The van der Waals surface area contributed by atoms with Gasteiger partial charge in [0.1, 0.15) is 42.0 Å². The molecule has 1 saturated heterocycles. The summed E-state index contributed by atoms with van der Waals surface area (Å²) in [4.78, 5) is 53.7. The smallest absolute Gasteiger partial charge is 0.338 e. The zero-order valence-corrected chi connectivity index (χ0v) is 33.3. The maximum Gasteiger partial charge on any atom is 0.338 e. The Morgan fingerprint density at radius 3 is 1.77 bits per heavy atom. The number of nitrogens with one attached hydrogen (secondary N) is 1. The first-order valence-corrected chi connectivity index (χ1v) is 19.4. The number of carbonyl (C=O) groups excluding carboxylic acids is 2. The molecule has 0 radical (unpaired) electrons. The minimum Gasteiger partial charge on any atom is -0.497 e. The van der Waals surface area contributed by atoms with E-state index in [2.05, 4.69) is 4.98 Å². The van der Waals surface area contributed by atoms with Gasteiger partial charge in [0.25, 0.3) is 5.56 Å². The topological polar surface area (TPSA) is 174 Å². The fourth-order valence-corrected chi connectivity index (χ4v) is 7.12. The third-order valence-electron chi connectivity index (χ3n) is 10.2. The average Bonchev–Trinajstić information content (AvgIpc) is 3.62. The number of rotatable bonds is 17. The summed E-state index contributed by atoms with van der Waals surface area (Å²) in [5.41, 5.74) is -0.00396. The first-order valence-electron chi connectivity index (χ1n) is 19.4. The first-order chi connectivity index (χ1) is 29.7. The number of H-pyrrole nitrogens is 1. The van der Waals surface area contributed by atoms with Crippen LogP contribution in [0.3, 0.4) is 0 Å². The molecule has 0 spiro atoms. The number of hydrogen-bond donors (Lipinski definition) is 2. The molecule has 14 heteroatoms. The zero-order chi connectivity index (χ0) is 42.8. The molecule has 14 nitrogen and oxygen atoms in total. The van der Waals surface area contributed by atoms with Crippen LogP contribution in [0.15, 0.2) is 161 Å². The maximum absolute atomic E-state index is 13.2. The quantitative estimate of drug-likeness (QED) is 0.0901. The molecule has 6 aromatic rings. The second-order valence-corrected chi connectivity index (χ2v) is 14.0. The normalized spacial score (nSPS) is 17.9. The lowest BCUT2D eigenvalue weighted by atomic mass is 9.80. The molecule has 0 bridgehead atoms. The highest BCUT2D eigenvalue weighted by Gasteiger charge is 2.48. The molecule has 0 amide bonds. The summed E-state index contributed by atoms with van der Waals surface area (Å²) in [6.45, 7) is -1.06. The Bertz CT molecular complexity index is 2430. The van der Waals surface area contributed by atoms with Gasteiger partial charge in [0.05, 0.1) is 38.6 Å². The molecule has 314 valence electrons. The van der Waals surface area contributed by atoms with Crippen molar-refractivity contribution < 1.29 is 47.9 Å². The molecule has 5 atom stereocenters. The van der Waals surface area contributed by atoms with Crippen molar-refractivity contribution in [2.45, 2.75) is 36.2 Å². The van der Waals surface area contributed by atoms with E-state index in [9.17, 15) is 24.3 Å². The van der Waals surface area contributed by atoms with Gasteiger partial charge in [-0.1, -0.05) is 91.0 Å². The molecule has 2 N–H and O–H groups in total. The van der Waals surface area contributed by atoms with Crippen LogP contribution in [0.2, 0.25) is 0 Å². The molecule has 0 saturated carbocycles. The Kier molecular flexibility index (Phi) is 13.5. The number of nitrogens with zero attached hydrogens (tertiary/aromatic N) is 1. The van der Waals surface area contributed by atoms with Crippen LogP contribution in [0.1, 0.15) is 43.6 Å². The fraction of sp³-hybridized carbons (Fsp3) is 0.234. The van der Waals surface area contributed by atoms with Gasteiger partial charge in [-0.25, -0.2) is 14.4 Å². The number of hydrogen-bond acceptors (Lipinski definition) is 12. The van der Waals surface area contributed by atoms with Gasteiger partial charge >= 0.3 is 17.6 Å². The summed E-state index contributed by atoms with van der Waals surface area (Å²) in [5, 5.41) is 12.1. The SMILES string of the molecule is COc1ccc(C(OC[C@H]2O[C@@H](n3ccc(=O)[nH]c3=O)[C@H](OCC(COC(=O)c3ccccc3)OC(=O)c3ccccc3)[C@@H]2O)(c2ccccc2)c2ccc(OC)cc2)cc1. The predicted octanol–water partition coefficient (Wildman–Crippen LogP) is 5.29. The largest absolute Gasteiger partial charge is 0.497 e. The van der Waals surface area contributed by atoms with Crippen LogP contribution >= 0.6 is 0 Å². The lowest BCUT2D eigenvalue weighted by Gasteiger charge is -2.37. The standard InChI is InChI=1S/C47H44N2O12/c1-55-36-22-18-34(19-23-36)47(33-16-10-5-11-17-33,35-20-24-37(56-2)25-21-35)59-30-39-41(51)42(43(61-39)49-27-26-40(50)48-46(49)54)57-28-38(60-45(53)32-14-8-4-9-15-32)29-58-44(52)31-12-6-3-7-13-31/h3-27,38-39,41-43,51H,28-30H2,1-2H3,(H,48,50,54)/t38?,39-,41-,42-,43-/m1/s1. The number of aromatic amines is 1. The van der Waals surface area contributed by atoms with Crippen LogP contribution in [0.4, 0.5) is 0 Å². The van der Waals surface area contributed by atoms with Gasteiger partial charge < -0.3 is 38.3 Å². The number of carbonyl (C=O) groups is 2. The van der Waals surface area contributed by atoms with Crippen molar-refractivity contribution in [3.63, 3.8) is 0 Å². The Morgan fingerprint density at radius 1 is 0.705 bits per heavy atom. The van der Waals surface area contributed by atoms with Crippen molar-refractivity contribution in [3.05, 3.63) is 200 Å². The molecule has 7 rings (SSSR count). The van der Waals surface area contributed by atoms with Crippen molar-refractivity contribution in [2.75, 3.05) is 34.0 Å². The van der Waals surface area contributed by atoms with Crippen LogP contribution in [0.5, 0.6) is 11.5 Å². The molecule has 61 heavy (non-hydrogen) atoms. The Labute approximate surface area is 350 Å². The lowest BCUT2D eigenvalue weighted by Crippen LogP contribution is -2.42. The van der Waals surface area contributed by atoms with E-state index in [0.29, 0.717) is 11.5 Å². The number of aliphatic hydroxyl groups is 1. The number of methoxy groups -OCH3 is 2. The summed E-state index contributed by atoms with van der Waals surface area (Å²) in [6.07, 6.45) is -5.13. The maximum atomic E-state index is 13.2. The van der Waals surface area contributed by atoms with Gasteiger partial charge in [0, 0.05) is 12.3 Å². The molecule has 1 aliphatic heterocycles. The summed E-state index contributed by atoms with van der Waals surface area (Å²) >= 11 is 0. The van der Waals surface area contributed by atoms with E-state index in [-0.39, 0.29) is 17.7 Å². The minimum atomic E-state index is -1.46. The monoisotopic (exact) mass is 828 g/mol. The van der Waals surface area contributed by atoms with Gasteiger partial charge in [-0.3, -0.25) is 14.3 Å². The molecule has 1 fully saturated rings. The second kappa shape index (κ2) is 19.5. The van der Waals surface area contributed by atoms with Gasteiger partial charge in [-0.05, 0) is 65.2 Å². The summed E-state index contributed by atoms with van der Waals surface area (Å²) in [6, 6.07) is 42.0. The number of ether oxygens (including phenoxy) is 7. The van der Waals surface area contributed by atoms with E-state index in [1.807, 2.05) is 78.9 Å². The van der Waals surface area contributed by atoms with Crippen molar-refractivity contribution in [3.8, 4) is 11.5 Å². The molecule has 1 aliphatic rings. The van der Waals surface area contributed by atoms with E-state index < -0.39 is 72.6 Å². The van der Waals surface area contributed by atoms with E-state index >= 15 is 0 Å². The van der Waals surface area contributed by atoms with Gasteiger partial charge in [0.2, 0.25) is 0 Å². The highest BCUT2D eigenvalue weighted by atomic mass is 16.6. The molecule has 5 aromatic carbocycles. The van der Waals surface area contributed by atoms with Crippen molar-refractivity contribution in [2.24, 2.45) is 0 Å². The number of aliphatic hydroxyl groups excluding tert-OH is 1. The summed E-state index contributed by atoms with van der Waals surface area (Å²) in [5.74, 6) is -0.100. The number of benzene rings is 5. The van der Waals surface area contributed by atoms with E-state index in [0.717, 1.165) is 27.3 Å². The third kappa shape index (κ3) is 9.64. The Balaban J connectivity index is 1.20. The van der Waals surface area contributed by atoms with Gasteiger partial charge in [0.15, 0.2) is 12.3 Å². The Hall–Kier alpha value is -6.84. The van der Waals surface area contributed by atoms with E-state index in [4.69, 9.17) is 33.2 Å². The molecular formula is C47H44N2O12. The highest BCUT2D eigenvalue weighted by molar-refractivity contribution is 5.90. The zero-order valence-electron chi connectivity index (χ0n) is 33.3. The molecule has 0 aliphatic carbocycles. The van der Waals surface area contributed by atoms with Crippen LogP contribution < -0.4 is 20.7 Å². The minimum absolute atomic E-state index is 0.246. The molecular weight excluding hydrogens is 785 g/mol. The van der Waals surface area contributed by atoms with Crippen LogP contribution in [0.25, 0.3) is 0 Å². The van der Waals surface area contributed by atoms with Crippen LogP contribution in [-0.4, -0.2) is 85.1 Å².